The minimum atomic E-state index is -4.59. The van der Waals surface area contributed by atoms with Crippen molar-refractivity contribution in [3.05, 3.63) is 42.3 Å². The molecule has 152 valence electrons. The number of imidazole rings is 1. The SMILES string of the molecule is O=C(c1cnc2c(-c3cnco3)cc(C(F)(F)F)cn12)N1CCC2(CCOC2)C1. The first kappa shape index (κ1) is 18.2. The van der Waals surface area contributed by atoms with Gasteiger partial charge in [0.05, 0.1) is 30.1 Å². The number of carbonyl (C=O) groups is 1. The number of likely N-dealkylation sites (tertiary alicyclic amines) is 1. The number of hydrogen-bond acceptors (Lipinski definition) is 5. The predicted octanol–water partition coefficient (Wildman–Crippen LogP) is 3.26. The Labute approximate surface area is 163 Å². The maximum Gasteiger partial charge on any atom is 0.417 e. The van der Waals surface area contributed by atoms with Gasteiger partial charge in [-0.3, -0.25) is 9.20 Å². The molecule has 2 fully saturated rings. The average molecular weight is 406 g/mol. The third-order valence-electron chi connectivity index (χ3n) is 5.76. The van der Waals surface area contributed by atoms with Crippen LogP contribution in [0.2, 0.25) is 0 Å². The first-order valence-electron chi connectivity index (χ1n) is 9.21. The van der Waals surface area contributed by atoms with Gasteiger partial charge in [-0.05, 0) is 18.9 Å². The van der Waals surface area contributed by atoms with Crippen LogP contribution in [0.1, 0.15) is 28.9 Å². The highest BCUT2D eigenvalue weighted by molar-refractivity contribution is 5.94. The average Bonchev–Trinajstić information content (AvgIpc) is 3.48. The molecule has 2 aliphatic rings. The van der Waals surface area contributed by atoms with Crippen molar-refractivity contribution in [3.8, 4) is 11.3 Å². The number of amides is 1. The molecule has 5 heterocycles. The molecule has 5 rings (SSSR count). The van der Waals surface area contributed by atoms with Gasteiger partial charge in [0.15, 0.2) is 12.2 Å². The third-order valence-corrected chi connectivity index (χ3v) is 5.76. The Kier molecular flexibility index (Phi) is 3.95. The van der Waals surface area contributed by atoms with Gasteiger partial charge in [0.1, 0.15) is 11.3 Å². The number of pyridine rings is 1. The van der Waals surface area contributed by atoms with Crippen LogP contribution in [0.15, 0.2) is 35.5 Å². The molecular weight excluding hydrogens is 389 g/mol. The van der Waals surface area contributed by atoms with Crippen LogP contribution in [0, 0.1) is 5.41 Å². The number of ether oxygens (including phenoxy) is 1. The van der Waals surface area contributed by atoms with Gasteiger partial charge in [0.2, 0.25) is 0 Å². The van der Waals surface area contributed by atoms with Crippen molar-refractivity contribution in [1.82, 2.24) is 19.3 Å². The fourth-order valence-corrected chi connectivity index (χ4v) is 4.17. The highest BCUT2D eigenvalue weighted by Crippen LogP contribution is 2.39. The van der Waals surface area contributed by atoms with Crippen LogP contribution in [0.3, 0.4) is 0 Å². The zero-order chi connectivity index (χ0) is 20.2. The molecule has 2 saturated heterocycles. The molecule has 2 aliphatic heterocycles. The van der Waals surface area contributed by atoms with Crippen LogP contribution in [-0.2, 0) is 10.9 Å². The topological polar surface area (TPSA) is 72.9 Å². The number of halogens is 3. The fraction of sp³-hybridized carbons (Fsp3) is 0.421. The van der Waals surface area contributed by atoms with E-state index in [-0.39, 0.29) is 34.0 Å². The Hall–Kier alpha value is -2.88. The molecule has 7 nitrogen and oxygen atoms in total. The van der Waals surface area contributed by atoms with Crippen molar-refractivity contribution in [1.29, 1.82) is 0 Å². The van der Waals surface area contributed by atoms with Gasteiger partial charge in [-0.2, -0.15) is 13.2 Å². The van der Waals surface area contributed by atoms with Crippen LogP contribution in [0.5, 0.6) is 0 Å². The summed E-state index contributed by atoms with van der Waals surface area (Å²) in [7, 11) is 0. The molecule has 3 aromatic rings. The van der Waals surface area contributed by atoms with Crippen LogP contribution in [-0.4, -0.2) is 51.5 Å². The monoisotopic (exact) mass is 406 g/mol. The molecule has 0 aromatic carbocycles. The van der Waals surface area contributed by atoms with E-state index in [1.807, 2.05) is 0 Å². The summed E-state index contributed by atoms with van der Waals surface area (Å²) in [6.45, 7) is 2.36. The second kappa shape index (κ2) is 6.31. The van der Waals surface area contributed by atoms with E-state index >= 15 is 0 Å². The smallest absolute Gasteiger partial charge is 0.417 e. The van der Waals surface area contributed by atoms with Gasteiger partial charge in [-0.15, -0.1) is 0 Å². The number of aromatic nitrogens is 3. The highest BCUT2D eigenvalue weighted by Gasteiger charge is 2.43. The molecule has 1 atom stereocenters. The lowest BCUT2D eigenvalue weighted by molar-refractivity contribution is -0.137. The number of alkyl halides is 3. The number of nitrogens with zero attached hydrogens (tertiary/aromatic N) is 4. The molecule has 0 N–H and O–H groups in total. The Morgan fingerprint density at radius 2 is 2.10 bits per heavy atom. The first-order valence-corrected chi connectivity index (χ1v) is 9.21. The Morgan fingerprint density at radius 1 is 1.24 bits per heavy atom. The van der Waals surface area contributed by atoms with E-state index in [4.69, 9.17) is 9.15 Å². The minimum absolute atomic E-state index is 0.0434. The summed E-state index contributed by atoms with van der Waals surface area (Å²) in [6.07, 6.45) is 1.79. The lowest BCUT2D eigenvalue weighted by atomic mass is 9.87. The summed E-state index contributed by atoms with van der Waals surface area (Å²) in [4.78, 5) is 22.8. The van der Waals surface area contributed by atoms with E-state index in [0.29, 0.717) is 26.3 Å². The van der Waals surface area contributed by atoms with Crippen molar-refractivity contribution >= 4 is 11.6 Å². The van der Waals surface area contributed by atoms with Crippen molar-refractivity contribution in [3.63, 3.8) is 0 Å². The van der Waals surface area contributed by atoms with Gasteiger partial charge >= 0.3 is 6.18 Å². The lowest BCUT2D eigenvalue weighted by Gasteiger charge is -2.22. The maximum absolute atomic E-state index is 13.5. The van der Waals surface area contributed by atoms with E-state index in [1.165, 1.54) is 16.8 Å². The third kappa shape index (κ3) is 2.98. The number of carbonyl (C=O) groups excluding carboxylic acids is 1. The van der Waals surface area contributed by atoms with Crippen LogP contribution in [0.25, 0.3) is 17.0 Å². The normalized spacial score (nSPS) is 22.2. The van der Waals surface area contributed by atoms with Crippen LogP contribution < -0.4 is 0 Å². The Morgan fingerprint density at radius 3 is 2.79 bits per heavy atom. The maximum atomic E-state index is 13.5. The molecule has 1 spiro atoms. The highest BCUT2D eigenvalue weighted by atomic mass is 19.4. The summed E-state index contributed by atoms with van der Waals surface area (Å²) >= 11 is 0. The van der Waals surface area contributed by atoms with Gasteiger partial charge in [0, 0.05) is 31.3 Å². The van der Waals surface area contributed by atoms with Crippen molar-refractivity contribution in [2.75, 3.05) is 26.3 Å². The molecule has 1 unspecified atom stereocenters. The quantitative estimate of drug-likeness (QED) is 0.653. The lowest BCUT2D eigenvalue weighted by Crippen LogP contribution is -2.33. The predicted molar refractivity (Wildman–Crippen MR) is 94.1 cm³/mol. The minimum Gasteiger partial charge on any atom is -0.443 e. The number of hydrogen-bond donors (Lipinski definition) is 0. The summed E-state index contributed by atoms with van der Waals surface area (Å²) in [6, 6.07) is 0.956. The summed E-state index contributed by atoms with van der Waals surface area (Å²) in [5.41, 5.74) is -0.527. The van der Waals surface area contributed by atoms with Crippen molar-refractivity contribution in [2.24, 2.45) is 5.41 Å². The molecule has 0 saturated carbocycles. The molecule has 1 amide bonds. The van der Waals surface area contributed by atoms with Crippen LogP contribution >= 0.6 is 0 Å². The second-order valence-corrected chi connectivity index (χ2v) is 7.62. The van der Waals surface area contributed by atoms with Crippen molar-refractivity contribution in [2.45, 2.75) is 19.0 Å². The fourth-order valence-electron chi connectivity index (χ4n) is 4.17. The van der Waals surface area contributed by atoms with E-state index in [9.17, 15) is 18.0 Å². The van der Waals surface area contributed by atoms with Crippen molar-refractivity contribution < 1.29 is 27.1 Å². The first-order chi connectivity index (χ1) is 13.9. The van der Waals surface area contributed by atoms with E-state index < -0.39 is 11.7 Å². The van der Waals surface area contributed by atoms with E-state index in [2.05, 4.69) is 9.97 Å². The zero-order valence-electron chi connectivity index (χ0n) is 15.3. The molecule has 0 radical (unpaired) electrons. The summed E-state index contributed by atoms with van der Waals surface area (Å²) in [5.74, 6) is -0.196. The van der Waals surface area contributed by atoms with Gasteiger partial charge in [-0.25, -0.2) is 9.97 Å². The standard InChI is InChI=1S/C19H17F3N4O3/c20-19(21,22)12-5-13(15-7-23-11-29-15)16-24-6-14(26(16)8-12)17(27)25-3-1-18(9-25)2-4-28-10-18/h5-8,11H,1-4,9-10H2. The molecule has 0 aliphatic carbocycles. The summed E-state index contributed by atoms with van der Waals surface area (Å²) < 4.78 is 52.3. The molecule has 29 heavy (non-hydrogen) atoms. The second-order valence-electron chi connectivity index (χ2n) is 7.62. The Bertz CT molecular complexity index is 1070. The van der Waals surface area contributed by atoms with Gasteiger partial charge in [0.25, 0.3) is 5.91 Å². The van der Waals surface area contributed by atoms with Gasteiger partial charge < -0.3 is 14.1 Å². The number of oxazole rings is 1. The largest absolute Gasteiger partial charge is 0.443 e. The number of rotatable bonds is 2. The van der Waals surface area contributed by atoms with Gasteiger partial charge in [-0.1, -0.05) is 0 Å². The van der Waals surface area contributed by atoms with E-state index in [1.54, 1.807) is 4.90 Å². The molecular formula is C19H17F3N4O3. The van der Waals surface area contributed by atoms with E-state index in [0.717, 1.165) is 31.5 Å². The molecule has 10 heteroatoms. The number of fused-ring (bicyclic) bond motifs is 1. The summed E-state index contributed by atoms with van der Waals surface area (Å²) in [5, 5.41) is 0. The molecule has 3 aromatic heterocycles. The Balaban J connectivity index is 1.58. The van der Waals surface area contributed by atoms with Crippen LogP contribution in [0.4, 0.5) is 13.2 Å². The molecule has 0 bridgehead atoms. The zero-order valence-corrected chi connectivity index (χ0v) is 15.3.